The summed E-state index contributed by atoms with van der Waals surface area (Å²) in [6, 6.07) is 15.0. The molecule has 0 radical (unpaired) electrons. The fourth-order valence-corrected chi connectivity index (χ4v) is 1.94. The van der Waals surface area contributed by atoms with E-state index >= 15 is 0 Å². The van der Waals surface area contributed by atoms with Gasteiger partial charge in [0.05, 0.1) is 6.26 Å². The number of furan rings is 1. The summed E-state index contributed by atoms with van der Waals surface area (Å²) in [5.74, 6) is 1.05. The van der Waals surface area contributed by atoms with E-state index in [9.17, 15) is 0 Å². The van der Waals surface area contributed by atoms with Crippen LogP contribution in [-0.4, -0.2) is 12.6 Å². The molecule has 17 heavy (non-hydrogen) atoms. The maximum absolute atomic E-state index is 5.29. The molecule has 0 fully saturated rings. The molecular formula is C15H19NO. The summed E-state index contributed by atoms with van der Waals surface area (Å²) >= 11 is 0. The molecule has 2 nitrogen and oxygen atoms in total. The zero-order valence-electron chi connectivity index (χ0n) is 10.2. The molecule has 2 rings (SSSR count). The molecule has 2 aromatic rings. The van der Waals surface area contributed by atoms with E-state index in [2.05, 4.69) is 42.6 Å². The monoisotopic (exact) mass is 229 g/mol. The number of rotatable bonds is 6. The topological polar surface area (TPSA) is 25.2 Å². The number of nitrogens with one attached hydrogen (secondary N) is 1. The minimum atomic E-state index is 0.493. The average Bonchev–Trinajstić information content (AvgIpc) is 2.83. The molecular weight excluding hydrogens is 210 g/mol. The summed E-state index contributed by atoms with van der Waals surface area (Å²) in [5, 5.41) is 3.51. The van der Waals surface area contributed by atoms with E-state index < -0.39 is 0 Å². The van der Waals surface area contributed by atoms with E-state index in [-0.39, 0.29) is 0 Å². The van der Waals surface area contributed by atoms with Gasteiger partial charge in [0.1, 0.15) is 5.76 Å². The Balaban J connectivity index is 1.69. The Bertz CT molecular complexity index is 408. The molecule has 1 unspecified atom stereocenters. The Kier molecular flexibility index (Phi) is 4.39. The molecule has 1 heterocycles. The summed E-state index contributed by atoms with van der Waals surface area (Å²) in [7, 11) is 0. The predicted molar refractivity (Wildman–Crippen MR) is 70.0 cm³/mol. The first kappa shape index (κ1) is 11.9. The Morgan fingerprint density at radius 3 is 2.65 bits per heavy atom. The average molecular weight is 229 g/mol. The molecule has 90 valence electrons. The zero-order chi connectivity index (χ0) is 11.9. The van der Waals surface area contributed by atoms with Gasteiger partial charge in [0.15, 0.2) is 0 Å². The van der Waals surface area contributed by atoms with Gasteiger partial charge in [-0.25, -0.2) is 0 Å². The highest BCUT2D eigenvalue weighted by molar-refractivity contribution is 5.15. The fraction of sp³-hybridized carbons (Fsp3) is 0.333. The smallest absolute Gasteiger partial charge is 0.105 e. The second-order valence-corrected chi connectivity index (χ2v) is 4.37. The lowest BCUT2D eigenvalue weighted by molar-refractivity contribution is 0.481. The Hall–Kier alpha value is -1.54. The Morgan fingerprint density at radius 2 is 1.94 bits per heavy atom. The lowest BCUT2D eigenvalue weighted by atomic mass is 10.1. The number of benzene rings is 1. The maximum atomic E-state index is 5.29. The van der Waals surface area contributed by atoms with Gasteiger partial charge in [-0.2, -0.15) is 0 Å². The van der Waals surface area contributed by atoms with Crippen LogP contribution >= 0.6 is 0 Å². The number of hydrogen-bond donors (Lipinski definition) is 1. The van der Waals surface area contributed by atoms with Crippen LogP contribution in [-0.2, 0) is 12.8 Å². The second-order valence-electron chi connectivity index (χ2n) is 4.37. The SMILES string of the molecule is CC(Cc1ccccc1)NCCc1ccco1. The van der Waals surface area contributed by atoms with Crippen LogP contribution in [0, 0.1) is 0 Å². The van der Waals surface area contributed by atoms with Crippen molar-refractivity contribution in [3.8, 4) is 0 Å². The molecule has 0 amide bonds. The molecule has 0 aliphatic rings. The normalized spacial score (nSPS) is 12.5. The molecule has 0 aliphatic heterocycles. The highest BCUT2D eigenvalue weighted by Gasteiger charge is 2.03. The zero-order valence-corrected chi connectivity index (χ0v) is 10.2. The van der Waals surface area contributed by atoms with Crippen molar-refractivity contribution in [1.29, 1.82) is 0 Å². The van der Waals surface area contributed by atoms with Crippen molar-refractivity contribution in [3.63, 3.8) is 0 Å². The molecule has 0 spiro atoms. The van der Waals surface area contributed by atoms with E-state index in [0.717, 1.165) is 25.1 Å². The highest BCUT2D eigenvalue weighted by Crippen LogP contribution is 2.03. The van der Waals surface area contributed by atoms with E-state index in [4.69, 9.17) is 4.42 Å². The first-order valence-corrected chi connectivity index (χ1v) is 6.14. The van der Waals surface area contributed by atoms with Crippen LogP contribution < -0.4 is 5.32 Å². The van der Waals surface area contributed by atoms with Crippen LogP contribution in [0.25, 0.3) is 0 Å². The lowest BCUT2D eigenvalue weighted by Gasteiger charge is -2.13. The van der Waals surface area contributed by atoms with Crippen molar-refractivity contribution in [2.45, 2.75) is 25.8 Å². The van der Waals surface area contributed by atoms with Crippen molar-refractivity contribution >= 4 is 0 Å². The van der Waals surface area contributed by atoms with Crippen molar-refractivity contribution < 1.29 is 4.42 Å². The first-order chi connectivity index (χ1) is 8.34. The molecule has 0 aliphatic carbocycles. The largest absolute Gasteiger partial charge is 0.469 e. The molecule has 0 saturated heterocycles. The third-order valence-corrected chi connectivity index (χ3v) is 2.83. The lowest BCUT2D eigenvalue weighted by Crippen LogP contribution is -2.29. The molecule has 0 saturated carbocycles. The standard InChI is InChI=1S/C15H19NO/c1-13(12-14-6-3-2-4-7-14)16-10-9-15-8-5-11-17-15/h2-8,11,13,16H,9-10,12H2,1H3. The van der Waals surface area contributed by atoms with E-state index in [1.807, 2.05) is 12.1 Å². The number of hydrogen-bond acceptors (Lipinski definition) is 2. The van der Waals surface area contributed by atoms with Crippen LogP contribution in [0.2, 0.25) is 0 Å². The molecule has 2 heteroatoms. The van der Waals surface area contributed by atoms with E-state index in [1.165, 1.54) is 5.56 Å². The minimum absolute atomic E-state index is 0.493. The van der Waals surface area contributed by atoms with Crippen molar-refractivity contribution in [2.24, 2.45) is 0 Å². The van der Waals surface area contributed by atoms with Gasteiger partial charge in [-0.15, -0.1) is 0 Å². The van der Waals surface area contributed by atoms with Gasteiger partial charge in [0.2, 0.25) is 0 Å². The first-order valence-electron chi connectivity index (χ1n) is 6.14. The van der Waals surface area contributed by atoms with Gasteiger partial charge < -0.3 is 9.73 Å². The van der Waals surface area contributed by atoms with Crippen molar-refractivity contribution in [1.82, 2.24) is 5.32 Å². The third kappa shape index (κ3) is 4.08. The highest BCUT2D eigenvalue weighted by atomic mass is 16.3. The van der Waals surface area contributed by atoms with Crippen LogP contribution in [0.1, 0.15) is 18.2 Å². The van der Waals surface area contributed by atoms with Crippen LogP contribution in [0.4, 0.5) is 0 Å². The molecule has 1 N–H and O–H groups in total. The van der Waals surface area contributed by atoms with Crippen LogP contribution in [0.5, 0.6) is 0 Å². The Morgan fingerprint density at radius 1 is 1.12 bits per heavy atom. The maximum Gasteiger partial charge on any atom is 0.105 e. The Labute approximate surface area is 103 Å². The van der Waals surface area contributed by atoms with Gasteiger partial charge in [-0.3, -0.25) is 0 Å². The fourth-order valence-electron chi connectivity index (χ4n) is 1.94. The van der Waals surface area contributed by atoms with E-state index in [0.29, 0.717) is 6.04 Å². The molecule has 1 atom stereocenters. The van der Waals surface area contributed by atoms with E-state index in [1.54, 1.807) is 6.26 Å². The van der Waals surface area contributed by atoms with Gasteiger partial charge in [-0.1, -0.05) is 30.3 Å². The molecule has 1 aromatic heterocycles. The van der Waals surface area contributed by atoms with Gasteiger partial charge >= 0.3 is 0 Å². The van der Waals surface area contributed by atoms with Gasteiger partial charge in [-0.05, 0) is 31.0 Å². The molecule has 1 aromatic carbocycles. The third-order valence-electron chi connectivity index (χ3n) is 2.83. The minimum Gasteiger partial charge on any atom is -0.469 e. The van der Waals surface area contributed by atoms with Gasteiger partial charge in [0, 0.05) is 19.0 Å². The van der Waals surface area contributed by atoms with Crippen LogP contribution in [0.3, 0.4) is 0 Å². The van der Waals surface area contributed by atoms with Gasteiger partial charge in [0.25, 0.3) is 0 Å². The second kappa shape index (κ2) is 6.26. The predicted octanol–water partition coefficient (Wildman–Crippen LogP) is 3.04. The van der Waals surface area contributed by atoms with Crippen molar-refractivity contribution in [3.05, 3.63) is 60.1 Å². The molecule has 0 bridgehead atoms. The quantitative estimate of drug-likeness (QED) is 0.823. The summed E-state index contributed by atoms with van der Waals surface area (Å²) in [4.78, 5) is 0. The summed E-state index contributed by atoms with van der Waals surface area (Å²) in [5.41, 5.74) is 1.38. The van der Waals surface area contributed by atoms with Crippen molar-refractivity contribution in [2.75, 3.05) is 6.54 Å². The summed E-state index contributed by atoms with van der Waals surface area (Å²) in [6.45, 7) is 3.18. The van der Waals surface area contributed by atoms with Crippen LogP contribution in [0.15, 0.2) is 53.1 Å². The summed E-state index contributed by atoms with van der Waals surface area (Å²) < 4.78 is 5.29. The summed E-state index contributed by atoms with van der Waals surface area (Å²) in [6.07, 6.45) is 3.74.